The van der Waals surface area contributed by atoms with Gasteiger partial charge in [0, 0.05) is 24.1 Å². The fourth-order valence-corrected chi connectivity index (χ4v) is 5.37. The molecule has 3 aromatic carbocycles. The highest BCUT2D eigenvalue weighted by Crippen LogP contribution is 2.36. The van der Waals surface area contributed by atoms with Crippen molar-refractivity contribution >= 4 is 29.1 Å². The summed E-state index contributed by atoms with van der Waals surface area (Å²) in [6.07, 6.45) is -6.43. The zero-order valence-electron chi connectivity index (χ0n) is 23.1. The number of para-hydroxylation sites is 1. The molecule has 0 saturated heterocycles. The number of fused-ring (bicyclic) bond motifs is 1. The average Bonchev–Trinajstić information content (AvgIpc) is 3.81. The Balaban J connectivity index is 1.55. The first-order valence-electron chi connectivity index (χ1n) is 14.0. The molecule has 1 fully saturated rings. The number of benzene rings is 3. The van der Waals surface area contributed by atoms with Crippen LogP contribution in [-0.4, -0.2) is 42.3 Å². The minimum atomic E-state index is -4.64. The number of halogens is 4. The molecule has 3 N–H and O–H groups in total. The molecule has 5 rings (SSSR count). The van der Waals surface area contributed by atoms with E-state index in [0.717, 1.165) is 25.0 Å². The number of hydrogen-bond donors (Lipinski definition) is 2. The molecule has 1 saturated carbocycles. The molecule has 1 aliphatic carbocycles. The molecule has 1 aliphatic heterocycles. The van der Waals surface area contributed by atoms with E-state index in [4.69, 9.17) is 5.73 Å². The number of rotatable bonds is 10. The lowest BCUT2D eigenvalue weighted by molar-refractivity contribution is -0.144. The summed E-state index contributed by atoms with van der Waals surface area (Å²) in [5, 5.41) is 2.55. The van der Waals surface area contributed by atoms with Crippen LogP contribution in [0.1, 0.15) is 48.3 Å². The molecule has 3 atom stereocenters. The number of amides is 3. The summed E-state index contributed by atoms with van der Waals surface area (Å²) in [6.45, 7) is 0.386. The van der Waals surface area contributed by atoms with Crippen molar-refractivity contribution in [3.05, 3.63) is 101 Å². The fraction of sp³-hybridized carbons (Fsp3) is 0.312. The van der Waals surface area contributed by atoms with Crippen molar-refractivity contribution in [2.45, 2.75) is 43.9 Å². The van der Waals surface area contributed by atoms with Crippen LogP contribution in [-0.2, 0) is 14.4 Å². The third-order valence-electron chi connectivity index (χ3n) is 7.69. The average molecular weight is 595 g/mol. The lowest BCUT2D eigenvalue weighted by Gasteiger charge is -2.28. The molecule has 1 unspecified atom stereocenters. The van der Waals surface area contributed by atoms with Gasteiger partial charge >= 0.3 is 6.18 Å². The van der Waals surface area contributed by atoms with Gasteiger partial charge in [-0.15, -0.1) is 0 Å². The molecule has 43 heavy (non-hydrogen) atoms. The number of alkyl halides is 3. The maximum absolute atomic E-state index is 14.0. The second-order valence-corrected chi connectivity index (χ2v) is 10.9. The Kier molecular flexibility index (Phi) is 8.61. The van der Waals surface area contributed by atoms with Gasteiger partial charge in [0.25, 0.3) is 5.91 Å². The van der Waals surface area contributed by atoms with Crippen LogP contribution in [0, 0.1) is 17.7 Å². The monoisotopic (exact) mass is 594 g/mol. The summed E-state index contributed by atoms with van der Waals surface area (Å²) in [6, 6.07) is 20.7. The number of primary amides is 1. The number of nitrogens with two attached hydrogens (primary N) is 1. The van der Waals surface area contributed by atoms with Crippen LogP contribution in [0.2, 0.25) is 0 Å². The van der Waals surface area contributed by atoms with Crippen molar-refractivity contribution < 1.29 is 31.9 Å². The van der Waals surface area contributed by atoms with Gasteiger partial charge in [-0.3, -0.25) is 14.4 Å². The van der Waals surface area contributed by atoms with Gasteiger partial charge < -0.3 is 16.0 Å². The van der Waals surface area contributed by atoms with Gasteiger partial charge in [0.2, 0.25) is 18.0 Å². The van der Waals surface area contributed by atoms with Crippen molar-refractivity contribution in [2.24, 2.45) is 22.6 Å². The standard InChI is InChI=1S/C32H30F4N4O3/c33-22-14-12-20(13-15-22)26(28(37)41)24(16-17-32(34,35)36)30(42)39-29-31(43)40(18-19-10-11-19)25-9-5-4-8-23(25)27(38-29)21-6-2-1-3-7-21/h1-9,12-15,19,24,26,29H,10-11,16-18H2,(H2,37,41)(H,39,42)/t24-,26+,29?/m1/s1. The summed E-state index contributed by atoms with van der Waals surface area (Å²) < 4.78 is 53.7. The van der Waals surface area contributed by atoms with E-state index in [-0.39, 0.29) is 11.5 Å². The van der Waals surface area contributed by atoms with Crippen LogP contribution in [0.25, 0.3) is 0 Å². The normalized spacial score (nSPS) is 18.2. The lowest BCUT2D eigenvalue weighted by Crippen LogP contribution is -2.51. The van der Waals surface area contributed by atoms with Crippen molar-refractivity contribution in [1.82, 2.24) is 5.32 Å². The molecule has 1 heterocycles. The SMILES string of the molecule is NC(=O)[C@@H](c1ccc(F)cc1)[C@@H](CCC(F)(F)F)C(=O)NC1N=C(c2ccccc2)c2ccccc2N(CC2CC2)C1=O. The summed E-state index contributed by atoms with van der Waals surface area (Å²) in [5.74, 6) is -6.10. The molecular formula is C32H30F4N4O3. The Morgan fingerprint density at radius 3 is 2.26 bits per heavy atom. The van der Waals surface area contributed by atoms with Gasteiger partial charge in [-0.1, -0.05) is 60.7 Å². The zero-order valence-corrected chi connectivity index (χ0v) is 23.1. The number of benzodiazepines with no additional fused rings is 1. The van der Waals surface area contributed by atoms with E-state index < -0.39 is 60.6 Å². The Hall–Kier alpha value is -4.54. The molecular weight excluding hydrogens is 564 g/mol. The number of aliphatic imine (C=N–C) groups is 1. The van der Waals surface area contributed by atoms with E-state index in [0.29, 0.717) is 29.1 Å². The first-order valence-corrected chi connectivity index (χ1v) is 14.0. The van der Waals surface area contributed by atoms with Crippen LogP contribution in [0.3, 0.4) is 0 Å². The minimum Gasteiger partial charge on any atom is -0.369 e. The number of carbonyl (C=O) groups excluding carboxylic acids is 3. The largest absolute Gasteiger partial charge is 0.389 e. The molecule has 3 aromatic rings. The maximum Gasteiger partial charge on any atom is 0.389 e. The topological polar surface area (TPSA) is 105 Å². The van der Waals surface area contributed by atoms with Crippen molar-refractivity contribution in [2.75, 3.05) is 11.4 Å². The number of carbonyl (C=O) groups is 3. The highest BCUT2D eigenvalue weighted by Gasteiger charge is 2.41. The van der Waals surface area contributed by atoms with Gasteiger partial charge in [0.1, 0.15) is 5.82 Å². The molecule has 3 amide bonds. The number of anilines is 1. The van der Waals surface area contributed by atoms with Crippen molar-refractivity contribution in [3.63, 3.8) is 0 Å². The third-order valence-corrected chi connectivity index (χ3v) is 7.69. The van der Waals surface area contributed by atoms with E-state index in [1.54, 1.807) is 41.3 Å². The Labute approximate surface area is 245 Å². The summed E-state index contributed by atoms with van der Waals surface area (Å²) in [4.78, 5) is 46.7. The number of hydrogen-bond acceptors (Lipinski definition) is 4. The van der Waals surface area contributed by atoms with E-state index in [2.05, 4.69) is 10.3 Å². The molecule has 0 spiro atoms. The van der Waals surface area contributed by atoms with Gasteiger partial charge in [-0.2, -0.15) is 13.2 Å². The predicted molar refractivity (Wildman–Crippen MR) is 153 cm³/mol. The predicted octanol–water partition coefficient (Wildman–Crippen LogP) is 5.09. The molecule has 0 aromatic heterocycles. The van der Waals surface area contributed by atoms with Gasteiger partial charge in [-0.05, 0) is 48.9 Å². The summed E-state index contributed by atoms with van der Waals surface area (Å²) >= 11 is 0. The highest BCUT2D eigenvalue weighted by atomic mass is 19.4. The van der Waals surface area contributed by atoms with Crippen molar-refractivity contribution in [1.29, 1.82) is 0 Å². The highest BCUT2D eigenvalue weighted by molar-refractivity contribution is 6.20. The maximum atomic E-state index is 14.0. The second-order valence-electron chi connectivity index (χ2n) is 10.9. The van der Waals surface area contributed by atoms with Crippen LogP contribution >= 0.6 is 0 Å². The first kappa shape index (κ1) is 29.9. The Morgan fingerprint density at radius 2 is 1.63 bits per heavy atom. The lowest BCUT2D eigenvalue weighted by atomic mass is 9.81. The van der Waals surface area contributed by atoms with E-state index in [9.17, 15) is 31.9 Å². The van der Waals surface area contributed by atoms with Gasteiger partial charge in [0.05, 0.1) is 23.2 Å². The molecule has 0 radical (unpaired) electrons. The van der Waals surface area contributed by atoms with Crippen LogP contribution in [0.4, 0.5) is 23.2 Å². The molecule has 224 valence electrons. The third kappa shape index (κ3) is 7.10. The second kappa shape index (κ2) is 12.4. The van der Waals surface area contributed by atoms with Crippen LogP contribution in [0.15, 0.2) is 83.9 Å². The molecule has 11 heteroatoms. The van der Waals surface area contributed by atoms with Crippen molar-refractivity contribution in [3.8, 4) is 0 Å². The quantitative estimate of drug-likeness (QED) is 0.320. The molecule has 2 aliphatic rings. The first-order chi connectivity index (χ1) is 20.5. The van der Waals surface area contributed by atoms with E-state index in [1.807, 2.05) is 18.2 Å². The number of nitrogens with one attached hydrogen (secondary N) is 1. The Morgan fingerprint density at radius 1 is 0.977 bits per heavy atom. The molecule has 7 nitrogen and oxygen atoms in total. The summed E-state index contributed by atoms with van der Waals surface area (Å²) in [7, 11) is 0. The van der Waals surface area contributed by atoms with Gasteiger partial charge in [-0.25, -0.2) is 9.38 Å². The Bertz CT molecular complexity index is 1520. The zero-order chi connectivity index (χ0) is 30.7. The smallest absolute Gasteiger partial charge is 0.369 e. The molecule has 0 bridgehead atoms. The van der Waals surface area contributed by atoms with Crippen LogP contribution in [0.5, 0.6) is 0 Å². The minimum absolute atomic E-state index is 0.0830. The fourth-order valence-electron chi connectivity index (χ4n) is 5.37. The van der Waals surface area contributed by atoms with Crippen LogP contribution < -0.4 is 16.0 Å². The van der Waals surface area contributed by atoms with Gasteiger partial charge in [0.15, 0.2) is 0 Å². The summed E-state index contributed by atoms with van der Waals surface area (Å²) in [5.41, 5.74) is 8.06. The number of nitrogens with zero attached hydrogens (tertiary/aromatic N) is 2. The van der Waals surface area contributed by atoms with E-state index >= 15 is 0 Å². The van der Waals surface area contributed by atoms with E-state index in [1.165, 1.54) is 12.1 Å².